The molecule has 0 unspecified atom stereocenters. The molecule has 0 heterocycles. The number of ether oxygens (including phenoxy) is 1. The van der Waals surface area contributed by atoms with E-state index in [1.54, 1.807) is 0 Å². The van der Waals surface area contributed by atoms with Crippen molar-refractivity contribution in [3.05, 3.63) is 76.3 Å². The van der Waals surface area contributed by atoms with Crippen molar-refractivity contribution < 1.29 is 4.74 Å². The first-order chi connectivity index (χ1) is 10.3. The minimum Gasteiger partial charge on any atom is -0.489 e. The Morgan fingerprint density at radius 1 is 0.905 bits per heavy atom. The molecule has 0 spiro atoms. The van der Waals surface area contributed by atoms with Gasteiger partial charge in [0.1, 0.15) is 12.4 Å². The Bertz CT molecular complexity index is 768. The van der Waals surface area contributed by atoms with Crippen LogP contribution in [0.2, 0.25) is 0 Å². The van der Waals surface area contributed by atoms with Crippen molar-refractivity contribution in [2.45, 2.75) is 11.9 Å². The third kappa shape index (κ3) is 3.30. The van der Waals surface area contributed by atoms with E-state index in [1.807, 2.05) is 12.1 Å². The molecule has 0 aromatic heterocycles. The first-order valence-corrected chi connectivity index (χ1v) is 8.63. The van der Waals surface area contributed by atoms with Gasteiger partial charge in [-0.1, -0.05) is 74.3 Å². The molecular formula is C18H14Br2O. The van der Waals surface area contributed by atoms with Crippen LogP contribution < -0.4 is 4.74 Å². The maximum atomic E-state index is 6.03. The second-order valence-corrected chi connectivity index (χ2v) is 6.29. The third-order valence-corrected chi connectivity index (χ3v) is 4.47. The highest BCUT2D eigenvalue weighted by Crippen LogP contribution is 2.30. The summed E-state index contributed by atoms with van der Waals surface area (Å²) in [6, 6.07) is 20.7. The van der Waals surface area contributed by atoms with Crippen molar-refractivity contribution in [1.82, 2.24) is 0 Å². The van der Waals surface area contributed by atoms with E-state index in [-0.39, 0.29) is 0 Å². The fourth-order valence-corrected chi connectivity index (χ4v) is 3.40. The van der Waals surface area contributed by atoms with Crippen LogP contribution in [0.1, 0.15) is 11.1 Å². The lowest BCUT2D eigenvalue weighted by Crippen LogP contribution is -1.98. The Morgan fingerprint density at radius 2 is 1.76 bits per heavy atom. The summed E-state index contributed by atoms with van der Waals surface area (Å²) in [7, 11) is 0. The predicted molar refractivity (Wildman–Crippen MR) is 95.1 cm³/mol. The van der Waals surface area contributed by atoms with Gasteiger partial charge in [0, 0.05) is 15.4 Å². The molecule has 3 heteroatoms. The number of halogens is 2. The maximum absolute atomic E-state index is 6.03. The Balaban J connectivity index is 1.90. The molecule has 0 aliphatic heterocycles. The van der Waals surface area contributed by atoms with E-state index < -0.39 is 0 Å². The second-order valence-electron chi connectivity index (χ2n) is 4.82. The summed E-state index contributed by atoms with van der Waals surface area (Å²) in [5.74, 6) is 0.936. The van der Waals surface area contributed by atoms with Crippen LogP contribution in [-0.4, -0.2) is 0 Å². The van der Waals surface area contributed by atoms with E-state index in [9.17, 15) is 0 Å². The number of benzene rings is 3. The van der Waals surface area contributed by atoms with Crippen LogP contribution in [0, 0.1) is 0 Å². The fraction of sp³-hybridized carbons (Fsp3) is 0.111. The zero-order valence-electron chi connectivity index (χ0n) is 11.4. The number of hydrogen-bond acceptors (Lipinski definition) is 1. The summed E-state index contributed by atoms with van der Waals surface area (Å²) in [4.78, 5) is 0. The first kappa shape index (κ1) is 14.6. The first-order valence-electron chi connectivity index (χ1n) is 6.72. The van der Waals surface area contributed by atoms with E-state index in [2.05, 4.69) is 80.4 Å². The SMILES string of the molecule is BrCc1c(OCc2cccc(Br)c2)ccc2ccccc12. The van der Waals surface area contributed by atoms with Crippen molar-refractivity contribution >= 4 is 42.6 Å². The Kier molecular flexibility index (Phi) is 4.61. The molecule has 3 aromatic rings. The topological polar surface area (TPSA) is 9.23 Å². The predicted octanol–water partition coefficient (Wildman–Crippen LogP) is 6.08. The van der Waals surface area contributed by atoms with E-state index in [1.165, 1.54) is 16.3 Å². The minimum atomic E-state index is 0.567. The van der Waals surface area contributed by atoms with Gasteiger partial charge in [-0.2, -0.15) is 0 Å². The van der Waals surface area contributed by atoms with E-state index in [0.29, 0.717) is 6.61 Å². The monoisotopic (exact) mass is 404 g/mol. The summed E-state index contributed by atoms with van der Waals surface area (Å²) in [5.41, 5.74) is 2.35. The van der Waals surface area contributed by atoms with Gasteiger partial charge in [0.05, 0.1) is 0 Å². The van der Waals surface area contributed by atoms with E-state index >= 15 is 0 Å². The molecule has 0 saturated carbocycles. The molecule has 0 radical (unpaired) electrons. The summed E-state index contributed by atoms with van der Waals surface area (Å²) in [6.07, 6.45) is 0. The average molecular weight is 406 g/mol. The van der Waals surface area contributed by atoms with Crippen molar-refractivity contribution in [2.75, 3.05) is 0 Å². The fourth-order valence-electron chi connectivity index (χ4n) is 2.38. The number of fused-ring (bicyclic) bond motifs is 1. The molecule has 0 aliphatic carbocycles. The van der Waals surface area contributed by atoms with Crippen LogP contribution in [0.15, 0.2) is 65.1 Å². The van der Waals surface area contributed by atoms with Crippen molar-refractivity contribution in [3.8, 4) is 5.75 Å². The molecule has 0 fully saturated rings. The lowest BCUT2D eigenvalue weighted by Gasteiger charge is -2.13. The Labute approximate surface area is 141 Å². The van der Waals surface area contributed by atoms with Gasteiger partial charge < -0.3 is 4.74 Å². The highest BCUT2D eigenvalue weighted by Gasteiger charge is 2.08. The minimum absolute atomic E-state index is 0.567. The van der Waals surface area contributed by atoms with Crippen LogP contribution in [0.4, 0.5) is 0 Å². The lowest BCUT2D eigenvalue weighted by atomic mass is 10.0. The van der Waals surface area contributed by atoms with Crippen LogP contribution in [0.25, 0.3) is 10.8 Å². The number of hydrogen-bond donors (Lipinski definition) is 0. The van der Waals surface area contributed by atoms with Crippen LogP contribution >= 0.6 is 31.9 Å². The highest BCUT2D eigenvalue weighted by atomic mass is 79.9. The lowest BCUT2D eigenvalue weighted by molar-refractivity contribution is 0.304. The number of rotatable bonds is 4. The number of alkyl halides is 1. The normalized spacial score (nSPS) is 10.8. The van der Waals surface area contributed by atoms with Gasteiger partial charge in [0.2, 0.25) is 0 Å². The van der Waals surface area contributed by atoms with Crippen LogP contribution in [0.5, 0.6) is 5.75 Å². The zero-order chi connectivity index (χ0) is 14.7. The van der Waals surface area contributed by atoms with Gasteiger partial charge in [-0.3, -0.25) is 0 Å². The molecule has 0 aliphatic rings. The van der Waals surface area contributed by atoms with Gasteiger partial charge in [0.15, 0.2) is 0 Å². The Morgan fingerprint density at radius 3 is 2.57 bits per heavy atom. The van der Waals surface area contributed by atoms with Crippen molar-refractivity contribution in [2.24, 2.45) is 0 Å². The van der Waals surface area contributed by atoms with E-state index in [0.717, 1.165) is 21.1 Å². The van der Waals surface area contributed by atoms with Crippen molar-refractivity contribution in [1.29, 1.82) is 0 Å². The maximum Gasteiger partial charge on any atom is 0.124 e. The summed E-state index contributed by atoms with van der Waals surface area (Å²) in [6.45, 7) is 0.567. The Hall–Kier alpha value is -1.32. The molecule has 0 amide bonds. The summed E-state index contributed by atoms with van der Waals surface area (Å²) < 4.78 is 7.10. The highest BCUT2D eigenvalue weighted by molar-refractivity contribution is 9.10. The second kappa shape index (κ2) is 6.63. The zero-order valence-corrected chi connectivity index (χ0v) is 14.5. The molecule has 0 saturated heterocycles. The van der Waals surface area contributed by atoms with Gasteiger partial charge in [0.25, 0.3) is 0 Å². The van der Waals surface area contributed by atoms with Crippen LogP contribution in [0.3, 0.4) is 0 Å². The molecular weight excluding hydrogens is 392 g/mol. The summed E-state index contributed by atoms with van der Waals surface area (Å²) >= 11 is 7.07. The average Bonchev–Trinajstić information content (AvgIpc) is 2.52. The van der Waals surface area contributed by atoms with Gasteiger partial charge in [-0.05, 0) is 34.5 Å². The molecule has 3 rings (SSSR count). The quantitative estimate of drug-likeness (QED) is 0.478. The summed E-state index contributed by atoms with van der Waals surface area (Å²) in [5, 5.41) is 3.25. The standard InChI is InChI=1S/C18H14Br2O/c19-11-17-16-7-2-1-5-14(16)8-9-18(17)21-12-13-4-3-6-15(20)10-13/h1-10H,11-12H2. The van der Waals surface area contributed by atoms with Gasteiger partial charge >= 0.3 is 0 Å². The third-order valence-electron chi connectivity index (χ3n) is 3.41. The molecule has 3 aromatic carbocycles. The van der Waals surface area contributed by atoms with E-state index in [4.69, 9.17) is 4.74 Å². The molecule has 0 atom stereocenters. The van der Waals surface area contributed by atoms with Gasteiger partial charge in [-0.15, -0.1) is 0 Å². The van der Waals surface area contributed by atoms with Gasteiger partial charge in [-0.25, -0.2) is 0 Å². The molecule has 106 valence electrons. The molecule has 0 N–H and O–H groups in total. The largest absolute Gasteiger partial charge is 0.489 e. The molecule has 0 bridgehead atoms. The smallest absolute Gasteiger partial charge is 0.124 e. The van der Waals surface area contributed by atoms with Crippen LogP contribution in [-0.2, 0) is 11.9 Å². The van der Waals surface area contributed by atoms with Crippen molar-refractivity contribution in [3.63, 3.8) is 0 Å². The molecule has 1 nitrogen and oxygen atoms in total. The molecule has 21 heavy (non-hydrogen) atoms.